The number of esters is 1. The minimum atomic E-state index is -0.318. The summed E-state index contributed by atoms with van der Waals surface area (Å²) < 4.78 is 4.85. The summed E-state index contributed by atoms with van der Waals surface area (Å²) in [4.78, 5) is 23.2. The molecule has 1 unspecified atom stereocenters. The predicted molar refractivity (Wildman–Crippen MR) is 92.8 cm³/mol. The molecule has 1 atom stereocenters. The van der Waals surface area contributed by atoms with Crippen LogP contribution in [-0.2, 0) is 11.3 Å². The fourth-order valence-electron chi connectivity index (χ4n) is 3.22. The Kier molecular flexibility index (Phi) is 5.02. The zero-order valence-electron chi connectivity index (χ0n) is 14.5. The van der Waals surface area contributed by atoms with Gasteiger partial charge in [-0.3, -0.25) is 4.98 Å². The molecule has 2 N–H and O–H groups in total. The first-order chi connectivity index (χ1) is 11.6. The molecule has 6 heteroatoms. The number of carbonyl (C=O) groups is 1. The highest BCUT2D eigenvalue weighted by atomic mass is 16.5. The van der Waals surface area contributed by atoms with Gasteiger partial charge in [-0.25, -0.2) is 9.79 Å². The molecule has 6 nitrogen and oxygen atoms in total. The predicted octanol–water partition coefficient (Wildman–Crippen LogP) is 2.29. The SMILES string of the molecule is COC(=O)c1ccc(CN=C(N)N2CCCC(C)C2)nc1C1CC1. The van der Waals surface area contributed by atoms with E-state index in [0.29, 0.717) is 29.9 Å². The van der Waals surface area contributed by atoms with E-state index in [0.717, 1.165) is 43.7 Å². The molecule has 130 valence electrons. The van der Waals surface area contributed by atoms with Crippen molar-refractivity contribution in [2.45, 2.75) is 45.1 Å². The number of hydrogen-bond donors (Lipinski definition) is 1. The van der Waals surface area contributed by atoms with Crippen LogP contribution in [0.1, 0.15) is 60.3 Å². The van der Waals surface area contributed by atoms with Crippen molar-refractivity contribution >= 4 is 11.9 Å². The molecule has 0 bridgehead atoms. The minimum Gasteiger partial charge on any atom is -0.465 e. The van der Waals surface area contributed by atoms with Crippen LogP contribution in [0.3, 0.4) is 0 Å². The van der Waals surface area contributed by atoms with Crippen molar-refractivity contribution in [1.82, 2.24) is 9.88 Å². The molecule has 1 aromatic rings. The van der Waals surface area contributed by atoms with Gasteiger partial charge >= 0.3 is 5.97 Å². The van der Waals surface area contributed by atoms with Gasteiger partial charge in [0.05, 0.1) is 30.6 Å². The zero-order valence-corrected chi connectivity index (χ0v) is 14.5. The van der Waals surface area contributed by atoms with Crippen LogP contribution in [-0.4, -0.2) is 42.0 Å². The number of ether oxygens (including phenoxy) is 1. The second-order valence-corrected chi connectivity index (χ2v) is 6.87. The van der Waals surface area contributed by atoms with Crippen molar-refractivity contribution < 1.29 is 9.53 Å². The Bertz CT molecular complexity index is 640. The summed E-state index contributed by atoms with van der Waals surface area (Å²) in [5, 5.41) is 0. The van der Waals surface area contributed by atoms with Crippen molar-refractivity contribution in [2.75, 3.05) is 20.2 Å². The topological polar surface area (TPSA) is 80.8 Å². The Morgan fingerprint density at radius 2 is 2.21 bits per heavy atom. The summed E-state index contributed by atoms with van der Waals surface area (Å²) in [5.41, 5.74) is 8.41. The lowest BCUT2D eigenvalue weighted by atomic mass is 10.0. The fourth-order valence-corrected chi connectivity index (χ4v) is 3.22. The molecule has 2 aliphatic rings. The number of hydrogen-bond acceptors (Lipinski definition) is 4. The molecule has 0 radical (unpaired) electrons. The highest BCUT2D eigenvalue weighted by Gasteiger charge is 2.30. The number of nitrogens with zero attached hydrogens (tertiary/aromatic N) is 3. The molecular formula is C18H26N4O2. The molecule has 0 spiro atoms. The molecule has 1 aliphatic heterocycles. The van der Waals surface area contributed by atoms with E-state index < -0.39 is 0 Å². The lowest BCUT2D eigenvalue weighted by Crippen LogP contribution is -2.43. The molecule has 1 aromatic heterocycles. The fraction of sp³-hybridized carbons (Fsp3) is 0.611. The van der Waals surface area contributed by atoms with Gasteiger partial charge in [0, 0.05) is 19.0 Å². The zero-order chi connectivity index (χ0) is 17.1. The average Bonchev–Trinajstić information content (AvgIpc) is 3.43. The summed E-state index contributed by atoms with van der Waals surface area (Å²) in [7, 11) is 1.40. The van der Waals surface area contributed by atoms with Crippen molar-refractivity contribution in [3.05, 3.63) is 29.1 Å². The van der Waals surface area contributed by atoms with Crippen molar-refractivity contribution in [1.29, 1.82) is 0 Å². The second kappa shape index (κ2) is 7.20. The molecule has 24 heavy (non-hydrogen) atoms. The first-order valence-electron chi connectivity index (χ1n) is 8.71. The average molecular weight is 330 g/mol. The number of methoxy groups -OCH3 is 1. The summed E-state index contributed by atoms with van der Waals surface area (Å²) >= 11 is 0. The van der Waals surface area contributed by atoms with Gasteiger partial charge in [-0.15, -0.1) is 0 Å². The van der Waals surface area contributed by atoms with Crippen molar-refractivity contribution in [3.63, 3.8) is 0 Å². The number of pyridine rings is 1. The van der Waals surface area contributed by atoms with Gasteiger partial charge in [0.1, 0.15) is 0 Å². The number of aromatic nitrogens is 1. The summed E-state index contributed by atoms with van der Waals surface area (Å²) in [6.07, 6.45) is 4.58. The number of guanidine groups is 1. The summed E-state index contributed by atoms with van der Waals surface area (Å²) in [6, 6.07) is 3.64. The largest absolute Gasteiger partial charge is 0.465 e. The Labute approximate surface area is 143 Å². The van der Waals surface area contributed by atoms with Gasteiger partial charge in [-0.05, 0) is 43.7 Å². The Hall–Kier alpha value is -2.11. The van der Waals surface area contributed by atoms with Crippen molar-refractivity contribution in [3.8, 4) is 0 Å². The molecule has 0 amide bonds. The van der Waals surface area contributed by atoms with Gasteiger partial charge in [0.15, 0.2) is 5.96 Å². The molecule has 1 saturated carbocycles. The maximum atomic E-state index is 11.9. The van der Waals surface area contributed by atoms with Crippen LogP contribution in [0.25, 0.3) is 0 Å². The van der Waals surface area contributed by atoms with Gasteiger partial charge in [-0.1, -0.05) is 6.92 Å². The molecule has 1 saturated heterocycles. The number of aliphatic imine (C=N–C) groups is 1. The lowest BCUT2D eigenvalue weighted by molar-refractivity contribution is 0.0598. The van der Waals surface area contributed by atoms with E-state index in [2.05, 4.69) is 21.8 Å². The highest BCUT2D eigenvalue weighted by Crippen LogP contribution is 2.40. The minimum absolute atomic E-state index is 0.318. The van der Waals surface area contributed by atoms with Crippen LogP contribution in [0.15, 0.2) is 17.1 Å². The van der Waals surface area contributed by atoms with E-state index >= 15 is 0 Å². The highest BCUT2D eigenvalue weighted by molar-refractivity contribution is 5.90. The number of piperidine rings is 1. The maximum Gasteiger partial charge on any atom is 0.339 e. The normalized spacial score (nSPS) is 21.7. The molecule has 3 rings (SSSR count). The van der Waals surface area contributed by atoms with E-state index in [1.165, 1.54) is 13.5 Å². The van der Waals surface area contributed by atoms with Crippen LogP contribution < -0.4 is 5.73 Å². The van der Waals surface area contributed by atoms with Crippen LogP contribution in [0, 0.1) is 5.92 Å². The van der Waals surface area contributed by atoms with Crippen molar-refractivity contribution in [2.24, 2.45) is 16.6 Å². The van der Waals surface area contributed by atoms with E-state index in [1.54, 1.807) is 6.07 Å². The standard InChI is InChI=1S/C18H26N4O2/c1-12-4-3-9-22(11-12)18(19)20-10-14-7-8-15(17(23)24-2)16(21-14)13-5-6-13/h7-8,12-13H,3-6,9-11H2,1-2H3,(H2,19,20). The first kappa shape index (κ1) is 16.7. The van der Waals surface area contributed by atoms with Crippen LogP contribution in [0.4, 0.5) is 0 Å². The van der Waals surface area contributed by atoms with Gasteiger partial charge in [0.25, 0.3) is 0 Å². The van der Waals surface area contributed by atoms with Crippen LogP contribution >= 0.6 is 0 Å². The first-order valence-corrected chi connectivity index (χ1v) is 8.71. The third-order valence-electron chi connectivity index (χ3n) is 4.74. The van der Waals surface area contributed by atoms with Gasteiger partial charge < -0.3 is 15.4 Å². The Morgan fingerprint density at radius 1 is 1.42 bits per heavy atom. The van der Waals surface area contributed by atoms with Gasteiger partial charge in [-0.2, -0.15) is 0 Å². The monoisotopic (exact) mass is 330 g/mol. The molecule has 1 aliphatic carbocycles. The second-order valence-electron chi connectivity index (χ2n) is 6.87. The van der Waals surface area contributed by atoms with E-state index in [4.69, 9.17) is 10.5 Å². The van der Waals surface area contributed by atoms with E-state index in [1.807, 2.05) is 6.07 Å². The number of carbonyl (C=O) groups excluding carboxylic acids is 1. The Morgan fingerprint density at radius 3 is 2.88 bits per heavy atom. The molecule has 2 heterocycles. The lowest BCUT2D eigenvalue weighted by Gasteiger charge is -2.31. The van der Waals surface area contributed by atoms with Crippen LogP contribution in [0.5, 0.6) is 0 Å². The van der Waals surface area contributed by atoms with Crippen LogP contribution in [0.2, 0.25) is 0 Å². The number of nitrogens with two attached hydrogens (primary N) is 1. The quantitative estimate of drug-likeness (QED) is 0.520. The third kappa shape index (κ3) is 3.86. The molecular weight excluding hydrogens is 304 g/mol. The summed E-state index contributed by atoms with van der Waals surface area (Å²) in [6.45, 7) is 4.63. The van der Waals surface area contributed by atoms with Gasteiger partial charge in [0.2, 0.25) is 0 Å². The summed E-state index contributed by atoms with van der Waals surface area (Å²) in [5.74, 6) is 1.31. The number of likely N-dealkylation sites (tertiary alicyclic amines) is 1. The van der Waals surface area contributed by atoms with E-state index in [9.17, 15) is 4.79 Å². The maximum absolute atomic E-state index is 11.9. The van der Waals surface area contributed by atoms with E-state index in [-0.39, 0.29) is 5.97 Å². The molecule has 0 aromatic carbocycles. The third-order valence-corrected chi connectivity index (χ3v) is 4.74. The smallest absolute Gasteiger partial charge is 0.339 e. The molecule has 2 fully saturated rings. The number of rotatable bonds is 4. The Balaban J connectivity index is 1.72.